The summed E-state index contributed by atoms with van der Waals surface area (Å²) in [7, 11) is 0. The van der Waals surface area contributed by atoms with Gasteiger partial charge in [-0.3, -0.25) is 14.4 Å². The molecule has 0 spiro atoms. The quantitative estimate of drug-likeness (QED) is 0.172. The van der Waals surface area contributed by atoms with Crippen LogP contribution in [0, 0.1) is 98.6 Å². The number of Topliss-reactive ketones (excluding diaryl/α,β-unsaturated/α-hetero) is 5. The minimum Gasteiger partial charge on any atom is -0.300 e. The molecule has 5 nitrogen and oxygen atoms in total. The van der Waals surface area contributed by atoms with Crippen molar-refractivity contribution in [2.75, 3.05) is 0 Å². The molecule has 0 aromatic heterocycles. The van der Waals surface area contributed by atoms with Crippen molar-refractivity contribution in [2.24, 2.45) is 98.6 Å². The Hall–Kier alpha value is -2.95. The average Bonchev–Trinajstić information content (AvgIpc) is 3.21. The molecule has 0 aliphatic heterocycles. The first-order chi connectivity index (χ1) is 33.7. The molecule has 5 rings (SSSR count). The fourth-order valence-corrected chi connectivity index (χ4v) is 14.4. The van der Waals surface area contributed by atoms with Crippen LogP contribution in [0.4, 0.5) is 0 Å². The summed E-state index contributed by atoms with van der Waals surface area (Å²) in [6.45, 7) is 58.2. The van der Waals surface area contributed by atoms with Gasteiger partial charge >= 0.3 is 0 Å². The van der Waals surface area contributed by atoms with Crippen LogP contribution < -0.4 is 0 Å². The van der Waals surface area contributed by atoms with Crippen molar-refractivity contribution in [3.05, 3.63) is 58.7 Å². The summed E-state index contributed by atoms with van der Waals surface area (Å²) in [6.07, 6.45) is 20.6. The van der Waals surface area contributed by atoms with Gasteiger partial charge in [-0.25, -0.2) is 0 Å². The molecule has 0 heterocycles. The Morgan fingerprint density at radius 3 is 1.53 bits per heavy atom. The lowest BCUT2D eigenvalue weighted by Crippen LogP contribution is -2.44. The van der Waals surface area contributed by atoms with Crippen LogP contribution in [0.5, 0.6) is 0 Å². The van der Waals surface area contributed by atoms with Gasteiger partial charge in [0, 0.05) is 49.5 Å². The van der Waals surface area contributed by atoms with Crippen LogP contribution in [-0.4, -0.2) is 28.9 Å². The van der Waals surface area contributed by atoms with Gasteiger partial charge in [-0.15, -0.1) is 0 Å². The molecule has 5 aliphatic rings. The maximum absolute atomic E-state index is 12.4. The summed E-state index contributed by atoms with van der Waals surface area (Å²) >= 11 is 0. The highest BCUT2D eigenvalue weighted by Crippen LogP contribution is 2.52. The van der Waals surface area contributed by atoms with Crippen molar-refractivity contribution < 1.29 is 24.0 Å². The third kappa shape index (κ3) is 20.4. The second-order valence-electron chi connectivity index (χ2n) is 28.7. The van der Waals surface area contributed by atoms with E-state index >= 15 is 0 Å². The molecule has 0 bridgehead atoms. The van der Waals surface area contributed by atoms with Crippen molar-refractivity contribution in [1.82, 2.24) is 0 Å². The van der Waals surface area contributed by atoms with E-state index in [9.17, 15) is 24.0 Å². The molecule has 5 aliphatic carbocycles. The van der Waals surface area contributed by atoms with E-state index in [0.29, 0.717) is 94.7 Å². The largest absolute Gasteiger partial charge is 0.300 e. The normalized spacial score (nSPS) is 29.4. The first-order valence-electron chi connectivity index (χ1n) is 29.7. The van der Waals surface area contributed by atoms with Crippen molar-refractivity contribution >= 4 is 28.9 Å². The SMILES string of the molecule is C=C(C)C1CC(=O)C(C)C(C)C1.CC(=O)CC(C)C1=C(C)C=CCC1(C)C.CC(=O)CC(C)C1C(C)CCC(C)C1(C)C.CC(C)CC(=O)C1C(C)CCC(C)C1(C)C.CC1=C(C(=O)CC(C)C)C(C)(C)CC=C1. The Morgan fingerprint density at radius 1 is 0.608 bits per heavy atom. The van der Waals surface area contributed by atoms with Crippen molar-refractivity contribution in [1.29, 1.82) is 0 Å². The predicted octanol–water partition coefficient (Wildman–Crippen LogP) is 19.2. The monoisotopic (exact) mass is 1030 g/mol. The lowest BCUT2D eigenvalue weighted by atomic mass is 9.55. The fraction of sp³-hybridized carbons (Fsp3) is 0.783. The van der Waals surface area contributed by atoms with Gasteiger partial charge in [0.25, 0.3) is 0 Å². The third-order valence-electron chi connectivity index (χ3n) is 19.0. The van der Waals surface area contributed by atoms with E-state index in [0.717, 1.165) is 61.5 Å². The summed E-state index contributed by atoms with van der Waals surface area (Å²) in [6, 6.07) is 0. The molecule has 0 radical (unpaired) electrons. The number of carbonyl (C=O) groups is 5. The highest BCUT2D eigenvalue weighted by Gasteiger charge is 2.46. The Balaban J connectivity index is 0.000000464. The van der Waals surface area contributed by atoms with Crippen LogP contribution in [0.3, 0.4) is 0 Å². The summed E-state index contributed by atoms with van der Waals surface area (Å²) in [4.78, 5) is 58.5. The highest BCUT2D eigenvalue weighted by atomic mass is 16.1. The average molecular weight is 1030 g/mol. The molecule has 0 amide bonds. The van der Waals surface area contributed by atoms with Gasteiger partial charge in [0.2, 0.25) is 0 Å². The minimum absolute atomic E-state index is 0.0187. The van der Waals surface area contributed by atoms with E-state index < -0.39 is 0 Å². The Labute approximate surface area is 458 Å². The summed E-state index contributed by atoms with van der Waals surface area (Å²) in [5.41, 5.74) is 6.97. The highest BCUT2D eigenvalue weighted by molar-refractivity contribution is 5.98. The molecule has 3 fully saturated rings. The zero-order chi connectivity index (χ0) is 57.6. The van der Waals surface area contributed by atoms with Crippen LogP contribution in [0.2, 0.25) is 0 Å². The Morgan fingerprint density at radius 2 is 1.08 bits per heavy atom. The molecule has 5 heteroatoms. The minimum atomic E-state index is 0.0187. The molecule has 3 saturated carbocycles. The molecule has 0 saturated heterocycles. The van der Waals surface area contributed by atoms with Gasteiger partial charge in [0.1, 0.15) is 23.1 Å². The molecule has 0 aromatic carbocycles. The van der Waals surface area contributed by atoms with Gasteiger partial charge < -0.3 is 9.59 Å². The molecular formula is C69H118O5. The maximum atomic E-state index is 12.4. The van der Waals surface area contributed by atoms with Crippen LogP contribution in [0.25, 0.3) is 0 Å². The molecule has 74 heavy (non-hydrogen) atoms. The van der Waals surface area contributed by atoms with Gasteiger partial charge in [0.05, 0.1) is 0 Å². The molecule has 11 atom stereocenters. The third-order valence-corrected chi connectivity index (χ3v) is 19.0. The number of ketones is 5. The van der Waals surface area contributed by atoms with Crippen molar-refractivity contribution in [3.8, 4) is 0 Å². The fourth-order valence-electron chi connectivity index (χ4n) is 14.4. The van der Waals surface area contributed by atoms with E-state index in [2.05, 4.69) is 169 Å². The van der Waals surface area contributed by atoms with Crippen LogP contribution in [0.1, 0.15) is 250 Å². The van der Waals surface area contributed by atoms with Crippen molar-refractivity contribution in [2.45, 2.75) is 250 Å². The van der Waals surface area contributed by atoms with Crippen LogP contribution in [0.15, 0.2) is 58.7 Å². The number of hydrogen-bond donors (Lipinski definition) is 0. The zero-order valence-corrected chi connectivity index (χ0v) is 53.0. The van der Waals surface area contributed by atoms with E-state index in [1.165, 1.54) is 42.4 Å². The standard InChI is InChI=1S/2C15H28O.2C14H22O.C11H18O/c1-10-7-8-12(3)15(5,6)14(10)11(2)9-13(4)16;1-10(2)9-13(16)14-11(3)7-8-12(4)15(14,5)6;1-10-7-6-8-14(4,5)13(10)11(2)9-12(3)15;1-10(2)9-12(15)13-11(3)7-6-8-14(13,4)5;1-7(2)10-5-8(3)9(4)11(12)6-10/h2*10-12,14H,7-9H2,1-6H3;6-7,11H,8-9H2,1-5H3;6-7,10H,8-9H2,1-5H3;8-10H,1,5-6H2,2-4H3. The summed E-state index contributed by atoms with van der Waals surface area (Å²) in [5.74, 6) is 8.72. The maximum Gasteiger partial charge on any atom is 0.159 e. The lowest BCUT2D eigenvalue weighted by Gasteiger charge is -2.50. The molecule has 424 valence electrons. The number of rotatable bonds is 13. The van der Waals surface area contributed by atoms with E-state index in [4.69, 9.17) is 0 Å². The van der Waals surface area contributed by atoms with Gasteiger partial charge in [-0.2, -0.15) is 0 Å². The van der Waals surface area contributed by atoms with Crippen molar-refractivity contribution in [3.63, 3.8) is 0 Å². The van der Waals surface area contributed by atoms with E-state index in [-0.39, 0.29) is 33.9 Å². The topological polar surface area (TPSA) is 85.3 Å². The number of hydrogen-bond acceptors (Lipinski definition) is 5. The summed E-state index contributed by atoms with van der Waals surface area (Å²) in [5, 5.41) is 0. The van der Waals surface area contributed by atoms with E-state index in [1.54, 1.807) is 13.8 Å². The Bertz CT molecular complexity index is 2010. The second-order valence-corrected chi connectivity index (χ2v) is 28.7. The van der Waals surface area contributed by atoms with Gasteiger partial charge in [0.15, 0.2) is 5.78 Å². The van der Waals surface area contributed by atoms with E-state index in [1.807, 2.05) is 20.8 Å². The molecule has 0 N–H and O–H groups in total. The number of carbonyl (C=O) groups excluding carboxylic acids is 5. The zero-order valence-electron chi connectivity index (χ0n) is 53.0. The van der Waals surface area contributed by atoms with Crippen LogP contribution >= 0.6 is 0 Å². The Kier molecular flexibility index (Phi) is 27.7. The molecular weight excluding hydrogens is 909 g/mol. The lowest BCUT2D eigenvalue weighted by molar-refractivity contribution is -0.134. The number of allylic oxidation sites excluding steroid dienone is 9. The second kappa shape index (κ2) is 29.7. The first-order valence-corrected chi connectivity index (χ1v) is 29.7. The van der Waals surface area contributed by atoms with Gasteiger partial charge in [-0.05, 0) is 165 Å². The first kappa shape index (κ1) is 69.1. The predicted molar refractivity (Wildman–Crippen MR) is 319 cm³/mol. The smallest absolute Gasteiger partial charge is 0.159 e. The van der Waals surface area contributed by atoms with Crippen LogP contribution in [-0.2, 0) is 24.0 Å². The summed E-state index contributed by atoms with van der Waals surface area (Å²) < 4.78 is 0. The molecule has 11 unspecified atom stereocenters. The molecule has 0 aromatic rings. The van der Waals surface area contributed by atoms with Gasteiger partial charge in [-0.1, -0.05) is 192 Å².